The summed E-state index contributed by atoms with van der Waals surface area (Å²) in [7, 11) is 1.99. The molecule has 1 aromatic carbocycles. The molecule has 0 amide bonds. The second-order valence-corrected chi connectivity index (χ2v) is 6.74. The van der Waals surface area contributed by atoms with Crippen LogP contribution >= 0.6 is 43.2 Å². The van der Waals surface area contributed by atoms with E-state index in [0.717, 1.165) is 27.5 Å². The van der Waals surface area contributed by atoms with Crippen LogP contribution in [0, 0.1) is 0 Å². The minimum absolute atomic E-state index is 0.697. The lowest BCUT2D eigenvalue weighted by atomic mass is 10.2. The Morgan fingerprint density at radius 3 is 2.67 bits per heavy atom. The molecule has 0 spiro atoms. The van der Waals surface area contributed by atoms with Gasteiger partial charge in [-0.05, 0) is 40.2 Å². The van der Waals surface area contributed by atoms with Crippen LogP contribution in [-0.2, 0) is 6.54 Å². The number of carbonyl (C=O) groups excluding carboxylic acids is 1. The first kappa shape index (κ1) is 13.8. The van der Waals surface area contributed by atoms with Crippen molar-refractivity contribution in [2.45, 2.75) is 6.54 Å². The quantitative estimate of drug-likeness (QED) is 0.706. The molecule has 0 radical (unpaired) electrons. The van der Waals surface area contributed by atoms with Crippen molar-refractivity contribution in [2.75, 3.05) is 11.9 Å². The number of aldehydes is 1. The normalized spacial score (nSPS) is 10.4. The first-order valence-corrected chi connectivity index (χ1v) is 7.75. The Balaban J connectivity index is 2.23. The van der Waals surface area contributed by atoms with E-state index in [0.29, 0.717) is 5.56 Å². The number of benzene rings is 1. The highest BCUT2D eigenvalue weighted by Gasteiger charge is 2.09. The molecule has 0 N–H and O–H groups in total. The van der Waals surface area contributed by atoms with Gasteiger partial charge in [0.2, 0.25) is 0 Å². The monoisotopic (exact) mass is 387 g/mol. The average molecular weight is 389 g/mol. The summed E-state index contributed by atoms with van der Waals surface area (Å²) in [5.74, 6) is 0. The average Bonchev–Trinajstić information content (AvgIpc) is 2.74. The lowest BCUT2D eigenvalue weighted by Gasteiger charge is -2.20. The number of nitrogens with zero attached hydrogens (tertiary/aromatic N) is 1. The third kappa shape index (κ3) is 3.22. The Bertz CT molecular complexity index is 568. The van der Waals surface area contributed by atoms with Gasteiger partial charge in [0, 0.05) is 37.5 Å². The van der Waals surface area contributed by atoms with E-state index in [1.807, 2.05) is 25.2 Å². The van der Waals surface area contributed by atoms with Gasteiger partial charge in [-0.25, -0.2) is 0 Å². The Hall–Kier alpha value is -0.650. The van der Waals surface area contributed by atoms with Gasteiger partial charge in [0.25, 0.3) is 0 Å². The molecular formula is C13H11Br2NOS. The maximum Gasteiger partial charge on any atom is 0.152 e. The summed E-state index contributed by atoms with van der Waals surface area (Å²) < 4.78 is 2.02. The van der Waals surface area contributed by atoms with Crippen LogP contribution in [0.1, 0.15) is 15.2 Å². The van der Waals surface area contributed by atoms with Crippen LogP contribution in [0.2, 0.25) is 0 Å². The van der Waals surface area contributed by atoms with Crippen LogP contribution in [0.15, 0.2) is 38.6 Å². The van der Waals surface area contributed by atoms with Gasteiger partial charge in [-0.3, -0.25) is 4.79 Å². The third-order valence-electron chi connectivity index (χ3n) is 2.54. The second kappa shape index (κ2) is 5.99. The zero-order chi connectivity index (χ0) is 13.1. The van der Waals surface area contributed by atoms with E-state index in [1.54, 1.807) is 11.3 Å². The molecule has 0 fully saturated rings. The van der Waals surface area contributed by atoms with Crippen LogP contribution < -0.4 is 4.90 Å². The summed E-state index contributed by atoms with van der Waals surface area (Å²) >= 11 is 8.52. The van der Waals surface area contributed by atoms with E-state index in [-0.39, 0.29) is 0 Å². The Morgan fingerprint density at radius 2 is 2.06 bits per heavy atom. The number of hydrogen-bond acceptors (Lipinski definition) is 3. The minimum Gasteiger partial charge on any atom is -0.369 e. The topological polar surface area (TPSA) is 20.3 Å². The van der Waals surface area contributed by atoms with Crippen molar-refractivity contribution >= 4 is 55.2 Å². The van der Waals surface area contributed by atoms with Crippen molar-refractivity contribution in [2.24, 2.45) is 0 Å². The fourth-order valence-electron chi connectivity index (χ4n) is 1.72. The lowest BCUT2D eigenvalue weighted by Crippen LogP contribution is -2.17. The molecule has 0 atom stereocenters. The fourth-order valence-corrected chi connectivity index (χ4v) is 3.61. The first-order valence-electron chi connectivity index (χ1n) is 5.29. The molecule has 2 aromatic rings. The van der Waals surface area contributed by atoms with Crippen LogP contribution in [0.3, 0.4) is 0 Å². The zero-order valence-electron chi connectivity index (χ0n) is 9.69. The fraction of sp³-hybridized carbons (Fsp3) is 0.154. The molecule has 0 aliphatic heterocycles. The summed E-state index contributed by atoms with van der Waals surface area (Å²) in [6.07, 6.45) is 0.890. The van der Waals surface area contributed by atoms with E-state index in [2.05, 4.69) is 48.2 Å². The van der Waals surface area contributed by atoms with Crippen LogP contribution in [-0.4, -0.2) is 13.3 Å². The van der Waals surface area contributed by atoms with E-state index < -0.39 is 0 Å². The van der Waals surface area contributed by atoms with E-state index in [9.17, 15) is 4.79 Å². The highest BCUT2D eigenvalue weighted by atomic mass is 79.9. The van der Waals surface area contributed by atoms with Crippen molar-refractivity contribution in [1.82, 2.24) is 0 Å². The van der Waals surface area contributed by atoms with Gasteiger partial charge in [0.15, 0.2) is 6.29 Å². The van der Waals surface area contributed by atoms with Gasteiger partial charge in [-0.15, -0.1) is 11.3 Å². The second-order valence-electron chi connectivity index (χ2n) is 3.91. The smallest absolute Gasteiger partial charge is 0.152 e. The Kier molecular flexibility index (Phi) is 4.59. The number of carbonyl (C=O) groups is 1. The van der Waals surface area contributed by atoms with Crippen molar-refractivity contribution in [3.05, 3.63) is 49.0 Å². The molecule has 18 heavy (non-hydrogen) atoms. The summed E-state index contributed by atoms with van der Waals surface area (Å²) in [4.78, 5) is 14.4. The first-order chi connectivity index (χ1) is 8.60. The third-order valence-corrected chi connectivity index (χ3v) is 4.72. The molecule has 1 aromatic heterocycles. The van der Waals surface area contributed by atoms with Crippen molar-refractivity contribution in [3.63, 3.8) is 0 Å². The predicted molar refractivity (Wildman–Crippen MR) is 83.7 cm³/mol. The standard InChI is InChI=1S/C13H11Br2NOS/c1-16(6-12-5-11(15)8-18-12)13-3-2-10(14)4-9(13)7-17/h2-5,7-8H,6H2,1H3. The summed E-state index contributed by atoms with van der Waals surface area (Å²) in [6, 6.07) is 7.84. The molecule has 0 bridgehead atoms. The van der Waals surface area contributed by atoms with E-state index >= 15 is 0 Å². The van der Waals surface area contributed by atoms with Gasteiger partial charge in [-0.1, -0.05) is 15.9 Å². The van der Waals surface area contributed by atoms with Gasteiger partial charge in [0.05, 0.1) is 6.54 Å². The molecule has 0 unspecified atom stereocenters. The number of hydrogen-bond donors (Lipinski definition) is 0. The molecule has 0 aliphatic rings. The molecule has 2 nitrogen and oxygen atoms in total. The predicted octanol–water partition coefficient (Wildman–Crippen LogP) is 4.72. The van der Waals surface area contributed by atoms with Crippen molar-refractivity contribution in [1.29, 1.82) is 0 Å². The zero-order valence-corrected chi connectivity index (χ0v) is 13.7. The Labute approximate surface area is 127 Å². The molecule has 0 saturated carbocycles. The molecule has 5 heteroatoms. The molecule has 1 heterocycles. The lowest BCUT2D eigenvalue weighted by molar-refractivity contribution is 0.112. The molecule has 0 aliphatic carbocycles. The van der Waals surface area contributed by atoms with Crippen LogP contribution in [0.5, 0.6) is 0 Å². The highest BCUT2D eigenvalue weighted by molar-refractivity contribution is 9.10. The van der Waals surface area contributed by atoms with Gasteiger partial charge in [0.1, 0.15) is 0 Å². The van der Waals surface area contributed by atoms with Gasteiger partial charge < -0.3 is 4.90 Å². The maximum atomic E-state index is 11.1. The van der Waals surface area contributed by atoms with Crippen molar-refractivity contribution < 1.29 is 4.79 Å². The summed E-state index contributed by atoms with van der Waals surface area (Å²) in [6.45, 7) is 0.790. The van der Waals surface area contributed by atoms with Crippen LogP contribution in [0.4, 0.5) is 5.69 Å². The maximum absolute atomic E-state index is 11.1. The van der Waals surface area contributed by atoms with E-state index in [1.165, 1.54) is 4.88 Å². The largest absolute Gasteiger partial charge is 0.369 e. The molecule has 0 saturated heterocycles. The van der Waals surface area contributed by atoms with Crippen molar-refractivity contribution in [3.8, 4) is 0 Å². The number of rotatable bonds is 4. The van der Waals surface area contributed by atoms with E-state index in [4.69, 9.17) is 0 Å². The summed E-state index contributed by atoms with van der Waals surface area (Å²) in [5.41, 5.74) is 1.64. The number of thiophene rings is 1. The Morgan fingerprint density at radius 1 is 1.28 bits per heavy atom. The minimum atomic E-state index is 0.697. The molecule has 94 valence electrons. The van der Waals surface area contributed by atoms with Gasteiger partial charge >= 0.3 is 0 Å². The SMILES string of the molecule is CN(Cc1cc(Br)cs1)c1ccc(Br)cc1C=O. The number of anilines is 1. The number of halogens is 2. The molecule has 2 rings (SSSR count). The molecular weight excluding hydrogens is 378 g/mol. The summed E-state index contributed by atoms with van der Waals surface area (Å²) in [5, 5.41) is 2.06. The highest BCUT2D eigenvalue weighted by Crippen LogP contribution is 2.26. The van der Waals surface area contributed by atoms with Crippen LogP contribution in [0.25, 0.3) is 0 Å². The van der Waals surface area contributed by atoms with Gasteiger partial charge in [-0.2, -0.15) is 0 Å².